The summed E-state index contributed by atoms with van der Waals surface area (Å²) >= 11 is 0. The number of nitrogens with one attached hydrogen (secondary N) is 3. The molecule has 0 aromatic carbocycles. The summed E-state index contributed by atoms with van der Waals surface area (Å²) in [5.41, 5.74) is -0.194. The van der Waals surface area contributed by atoms with Crippen molar-refractivity contribution in [3.05, 3.63) is 34.1 Å². The molecule has 10 nitrogen and oxygen atoms in total. The van der Waals surface area contributed by atoms with Crippen LogP contribution in [0.1, 0.15) is 17.3 Å². The summed E-state index contributed by atoms with van der Waals surface area (Å²) in [5.74, 6) is -0.262. The zero-order chi connectivity index (χ0) is 15.5. The minimum atomic E-state index is -0.640. The predicted octanol–water partition coefficient (Wildman–Crippen LogP) is 0.0872. The number of pyridine rings is 2. The first kappa shape index (κ1) is 13.7. The van der Waals surface area contributed by atoms with Gasteiger partial charge in [0.15, 0.2) is 0 Å². The first-order valence-corrected chi connectivity index (χ1v) is 6.39. The number of nitrogens with zero attached hydrogens (tertiary/aromatic N) is 4. The molecule has 3 rings (SSSR count). The van der Waals surface area contributed by atoms with Crippen LogP contribution in [0, 0.1) is 0 Å². The van der Waals surface area contributed by atoms with Gasteiger partial charge >= 0.3 is 0 Å². The third-order valence-corrected chi connectivity index (χ3v) is 2.82. The molecule has 3 aromatic rings. The highest BCUT2D eigenvalue weighted by molar-refractivity contribution is 6.04. The van der Waals surface area contributed by atoms with E-state index in [2.05, 4.69) is 35.9 Å². The molecule has 3 N–H and O–H groups in total. The van der Waals surface area contributed by atoms with E-state index in [9.17, 15) is 9.59 Å². The molecule has 0 unspecified atom stereocenters. The molecule has 0 saturated heterocycles. The van der Waals surface area contributed by atoms with Crippen molar-refractivity contribution in [2.45, 2.75) is 6.92 Å². The molecule has 0 aliphatic rings. The number of hydrogen-bond donors (Lipinski definition) is 3. The van der Waals surface area contributed by atoms with E-state index in [1.165, 1.54) is 6.20 Å². The lowest BCUT2D eigenvalue weighted by Gasteiger charge is -2.05. The van der Waals surface area contributed by atoms with Gasteiger partial charge in [-0.15, -0.1) is 5.10 Å². The van der Waals surface area contributed by atoms with Crippen molar-refractivity contribution in [3.63, 3.8) is 0 Å². The van der Waals surface area contributed by atoms with Gasteiger partial charge in [0.1, 0.15) is 11.2 Å². The van der Waals surface area contributed by atoms with Gasteiger partial charge in [-0.05, 0) is 18.2 Å². The van der Waals surface area contributed by atoms with Crippen LogP contribution in [0.2, 0.25) is 0 Å². The highest BCUT2D eigenvalue weighted by atomic mass is 16.5. The maximum Gasteiger partial charge on any atom is 0.270 e. The molecule has 112 valence electrons. The van der Waals surface area contributed by atoms with E-state index in [0.717, 1.165) is 0 Å². The number of anilines is 1. The Bertz CT molecular complexity index is 872. The number of carbonyl (C=O) groups is 1. The minimum absolute atomic E-state index is 0.0192. The first-order valence-electron chi connectivity index (χ1n) is 6.39. The third kappa shape index (κ3) is 2.49. The predicted molar refractivity (Wildman–Crippen MR) is 75.7 cm³/mol. The molecule has 0 aliphatic carbocycles. The average Bonchev–Trinajstić information content (AvgIpc) is 3.00. The van der Waals surface area contributed by atoms with Gasteiger partial charge in [0.25, 0.3) is 11.9 Å². The van der Waals surface area contributed by atoms with E-state index in [1.54, 1.807) is 12.1 Å². The smallest absolute Gasteiger partial charge is 0.270 e. The number of hydrogen-bond acceptors (Lipinski definition) is 7. The standard InChI is InChI=1S/C12H11N7O3/c1-2-22-8-4-3-6-9(20)7(5-13-10(6)14-8)11(21)15-12-16-18-19-17-12/h3-5H,2H2,1H3,(H,13,14,20)(H2,15,16,17,18,19,21). The average molecular weight is 301 g/mol. The Kier molecular flexibility index (Phi) is 3.48. The highest BCUT2D eigenvalue weighted by Crippen LogP contribution is 2.12. The number of aromatic nitrogens is 6. The van der Waals surface area contributed by atoms with Crippen LogP contribution in [0.5, 0.6) is 5.88 Å². The number of rotatable bonds is 4. The molecule has 1 amide bonds. The number of amides is 1. The van der Waals surface area contributed by atoms with Crippen molar-refractivity contribution in [3.8, 4) is 5.88 Å². The second kappa shape index (κ2) is 5.60. The van der Waals surface area contributed by atoms with Crippen LogP contribution in [-0.4, -0.2) is 43.1 Å². The Balaban J connectivity index is 1.97. The molecule has 0 spiro atoms. The Morgan fingerprint density at radius 2 is 2.27 bits per heavy atom. The number of ether oxygens (including phenoxy) is 1. The van der Waals surface area contributed by atoms with E-state index in [-0.39, 0.29) is 16.9 Å². The molecule has 0 radical (unpaired) electrons. The van der Waals surface area contributed by atoms with Gasteiger partial charge in [0.05, 0.1) is 12.0 Å². The second-order valence-corrected chi connectivity index (χ2v) is 4.20. The zero-order valence-corrected chi connectivity index (χ0v) is 11.5. The molecule has 0 aliphatic heterocycles. The van der Waals surface area contributed by atoms with Crippen LogP contribution in [-0.2, 0) is 0 Å². The van der Waals surface area contributed by atoms with Crippen molar-refractivity contribution < 1.29 is 9.53 Å². The molecular formula is C12H11N7O3. The van der Waals surface area contributed by atoms with Crippen molar-refractivity contribution in [1.29, 1.82) is 0 Å². The fourth-order valence-electron chi connectivity index (χ4n) is 1.87. The molecule has 3 heterocycles. The fourth-order valence-corrected chi connectivity index (χ4v) is 1.87. The number of fused-ring (bicyclic) bond motifs is 1. The summed E-state index contributed by atoms with van der Waals surface area (Å²) in [4.78, 5) is 31.3. The lowest BCUT2D eigenvalue weighted by atomic mass is 10.2. The fraction of sp³-hybridized carbons (Fsp3) is 0.167. The van der Waals surface area contributed by atoms with Crippen molar-refractivity contribution in [2.75, 3.05) is 11.9 Å². The molecule has 0 atom stereocenters. The maximum absolute atomic E-state index is 12.3. The Labute approximate surface area is 122 Å². The monoisotopic (exact) mass is 301 g/mol. The quantitative estimate of drug-likeness (QED) is 0.620. The zero-order valence-electron chi connectivity index (χ0n) is 11.5. The van der Waals surface area contributed by atoms with Gasteiger partial charge in [-0.25, -0.2) is 0 Å². The number of tetrazole rings is 1. The summed E-state index contributed by atoms with van der Waals surface area (Å²) in [5, 5.41) is 15.3. The van der Waals surface area contributed by atoms with E-state index in [1.807, 2.05) is 6.92 Å². The first-order chi connectivity index (χ1) is 10.7. The lowest BCUT2D eigenvalue weighted by molar-refractivity contribution is 0.102. The Morgan fingerprint density at radius 3 is 3.00 bits per heavy atom. The molecule has 0 fully saturated rings. The molecule has 22 heavy (non-hydrogen) atoms. The molecular weight excluding hydrogens is 290 g/mol. The lowest BCUT2D eigenvalue weighted by Crippen LogP contribution is -2.22. The van der Waals surface area contributed by atoms with Crippen LogP contribution < -0.4 is 15.5 Å². The maximum atomic E-state index is 12.3. The minimum Gasteiger partial charge on any atom is -0.478 e. The van der Waals surface area contributed by atoms with E-state index < -0.39 is 11.3 Å². The van der Waals surface area contributed by atoms with Crippen LogP contribution in [0.3, 0.4) is 0 Å². The van der Waals surface area contributed by atoms with Gasteiger partial charge in [-0.1, -0.05) is 5.10 Å². The summed E-state index contributed by atoms with van der Waals surface area (Å²) < 4.78 is 5.26. The van der Waals surface area contributed by atoms with Crippen molar-refractivity contribution in [1.82, 2.24) is 30.6 Å². The van der Waals surface area contributed by atoms with Crippen LogP contribution in [0.4, 0.5) is 5.95 Å². The molecule has 0 bridgehead atoms. The largest absolute Gasteiger partial charge is 0.478 e. The normalized spacial score (nSPS) is 10.6. The Morgan fingerprint density at radius 1 is 1.41 bits per heavy atom. The SMILES string of the molecule is CCOc1ccc2c(=O)c(C(=O)Nc3nn[nH]n3)c[nH]c2n1. The number of H-pyrrole nitrogens is 2. The van der Waals surface area contributed by atoms with Crippen LogP contribution >= 0.6 is 0 Å². The van der Waals surface area contributed by atoms with Gasteiger partial charge in [-0.3, -0.25) is 14.9 Å². The van der Waals surface area contributed by atoms with Gasteiger partial charge < -0.3 is 9.72 Å². The van der Waals surface area contributed by atoms with Crippen molar-refractivity contribution >= 4 is 22.9 Å². The molecule has 3 aromatic heterocycles. The van der Waals surface area contributed by atoms with E-state index in [0.29, 0.717) is 18.1 Å². The number of aromatic amines is 2. The summed E-state index contributed by atoms with van der Waals surface area (Å²) in [6.45, 7) is 2.30. The van der Waals surface area contributed by atoms with Crippen LogP contribution in [0.25, 0.3) is 11.0 Å². The third-order valence-electron chi connectivity index (χ3n) is 2.82. The van der Waals surface area contributed by atoms with Gasteiger partial charge in [0.2, 0.25) is 11.3 Å². The van der Waals surface area contributed by atoms with Gasteiger partial charge in [0, 0.05) is 12.3 Å². The number of carbonyl (C=O) groups excluding carboxylic acids is 1. The van der Waals surface area contributed by atoms with Crippen LogP contribution in [0.15, 0.2) is 23.1 Å². The second-order valence-electron chi connectivity index (χ2n) is 4.20. The van der Waals surface area contributed by atoms with E-state index >= 15 is 0 Å². The highest BCUT2D eigenvalue weighted by Gasteiger charge is 2.15. The summed E-state index contributed by atoms with van der Waals surface area (Å²) in [6, 6.07) is 3.12. The van der Waals surface area contributed by atoms with Crippen molar-refractivity contribution in [2.24, 2.45) is 0 Å². The molecule has 0 saturated carbocycles. The van der Waals surface area contributed by atoms with E-state index in [4.69, 9.17) is 4.74 Å². The topological polar surface area (TPSA) is 139 Å². The summed E-state index contributed by atoms with van der Waals surface area (Å²) in [6.07, 6.45) is 1.28. The van der Waals surface area contributed by atoms with Gasteiger partial charge in [-0.2, -0.15) is 10.2 Å². The molecule has 10 heteroatoms. The summed E-state index contributed by atoms with van der Waals surface area (Å²) in [7, 11) is 0. The Hall–Kier alpha value is -3.30.